The molecule has 7 nitrogen and oxygen atoms in total. The van der Waals surface area contributed by atoms with Gasteiger partial charge in [0.15, 0.2) is 5.82 Å². The molecule has 0 saturated carbocycles. The van der Waals surface area contributed by atoms with Gasteiger partial charge in [-0.2, -0.15) is 9.97 Å². The fourth-order valence-corrected chi connectivity index (χ4v) is 2.04. The number of anilines is 1. The van der Waals surface area contributed by atoms with Crippen molar-refractivity contribution < 1.29 is 4.52 Å². The number of aromatic amines is 1. The van der Waals surface area contributed by atoms with E-state index in [2.05, 4.69) is 32.2 Å². The number of aromatic nitrogens is 5. The molecule has 0 aliphatic rings. The van der Waals surface area contributed by atoms with Crippen molar-refractivity contribution >= 4 is 17.7 Å². The average Bonchev–Trinajstić information content (AvgIpc) is 2.88. The predicted octanol–water partition coefficient (Wildman–Crippen LogP) is 1.58. The number of aryl methyl sites for hydroxylation is 1. The normalized spacial score (nSPS) is 12.8. The summed E-state index contributed by atoms with van der Waals surface area (Å²) in [6.45, 7) is 4.03. The quantitative estimate of drug-likeness (QED) is 0.780. The Morgan fingerprint density at radius 3 is 2.94 bits per heavy atom. The molecule has 8 heteroatoms. The molecule has 2 heterocycles. The molecule has 0 radical (unpaired) electrons. The van der Waals surface area contributed by atoms with E-state index in [1.165, 1.54) is 11.8 Å². The van der Waals surface area contributed by atoms with Crippen LogP contribution in [-0.4, -0.2) is 25.3 Å². The second-order valence-electron chi connectivity index (χ2n) is 3.56. The lowest BCUT2D eigenvalue weighted by Crippen LogP contribution is -1.91. The molecule has 0 fully saturated rings. The fraction of sp³-hybridized carbons (Fsp3) is 0.556. The topological polar surface area (TPSA) is 107 Å². The molecule has 17 heavy (non-hydrogen) atoms. The van der Waals surface area contributed by atoms with Crippen molar-refractivity contribution in [3.8, 4) is 0 Å². The Bertz CT molecular complexity index is 481. The molecule has 1 atom stereocenters. The highest BCUT2D eigenvalue weighted by atomic mass is 32.2. The van der Waals surface area contributed by atoms with E-state index in [4.69, 9.17) is 10.3 Å². The van der Waals surface area contributed by atoms with Gasteiger partial charge >= 0.3 is 0 Å². The highest BCUT2D eigenvalue weighted by Gasteiger charge is 2.17. The van der Waals surface area contributed by atoms with Crippen LogP contribution in [0.4, 0.5) is 5.95 Å². The zero-order chi connectivity index (χ0) is 12.3. The number of thioether (sulfide) groups is 1. The van der Waals surface area contributed by atoms with Gasteiger partial charge in [-0.05, 0) is 13.3 Å². The van der Waals surface area contributed by atoms with E-state index >= 15 is 0 Å². The van der Waals surface area contributed by atoms with Gasteiger partial charge in [-0.25, -0.2) is 5.10 Å². The molecule has 0 bridgehead atoms. The standard InChI is InChI=1S/C9H14N6OS/c1-3-4-6-11-7(16-15-6)5(2)17-9-12-8(10)13-14-9/h5H,3-4H2,1-2H3,(H3,10,12,13,14)/t5-/m1/s1. The van der Waals surface area contributed by atoms with Crippen LogP contribution in [0.1, 0.15) is 37.2 Å². The first-order valence-electron chi connectivity index (χ1n) is 5.36. The highest BCUT2D eigenvalue weighted by Crippen LogP contribution is 2.31. The van der Waals surface area contributed by atoms with E-state index < -0.39 is 0 Å². The molecule has 0 aliphatic carbocycles. The van der Waals surface area contributed by atoms with Crippen molar-refractivity contribution in [2.75, 3.05) is 5.73 Å². The van der Waals surface area contributed by atoms with E-state index in [1.54, 1.807) is 0 Å². The first-order chi connectivity index (χ1) is 8.19. The summed E-state index contributed by atoms with van der Waals surface area (Å²) in [5.74, 6) is 1.63. The number of nitrogens with one attached hydrogen (secondary N) is 1. The number of H-pyrrole nitrogens is 1. The van der Waals surface area contributed by atoms with Crippen LogP contribution in [0.3, 0.4) is 0 Å². The van der Waals surface area contributed by atoms with Gasteiger partial charge in [0.25, 0.3) is 0 Å². The SMILES string of the molecule is CCCc1noc([C@@H](C)Sc2n[nH]c(N)n2)n1. The molecule has 0 saturated heterocycles. The second kappa shape index (κ2) is 5.17. The summed E-state index contributed by atoms with van der Waals surface area (Å²) >= 11 is 1.42. The summed E-state index contributed by atoms with van der Waals surface area (Å²) in [7, 11) is 0. The first kappa shape index (κ1) is 11.9. The van der Waals surface area contributed by atoms with Gasteiger partial charge in [-0.3, -0.25) is 0 Å². The highest BCUT2D eigenvalue weighted by molar-refractivity contribution is 7.99. The van der Waals surface area contributed by atoms with Crippen molar-refractivity contribution in [1.29, 1.82) is 0 Å². The number of nitrogens with zero attached hydrogens (tertiary/aromatic N) is 4. The van der Waals surface area contributed by atoms with E-state index in [0.29, 0.717) is 17.0 Å². The lowest BCUT2D eigenvalue weighted by Gasteiger charge is -2.00. The minimum absolute atomic E-state index is 0.00306. The lowest BCUT2D eigenvalue weighted by atomic mass is 10.3. The molecule has 92 valence electrons. The molecule has 0 spiro atoms. The maximum absolute atomic E-state index is 5.44. The van der Waals surface area contributed by atoms with E-state index in [1.807, 2.05) is 6.92 Å². The third kappa shape index (κ3) is 2.96. The van der Waals surface area contributed by atoms with Gasteiger partial charge in [0.1, 0.15) is 0 Å². The van der Waals surface area contributed by atoms with Crippen LogP contribution in [-0.2, 0) is 6.42 Å². The van der Waals surface area contributed by atoms with Crippen molar-refractivity contribution in [2.24, 2.45) is 0 Å². The monoisotopic (exact) mass is 254 g/mol. The largest absolute Gasteiger partial charge is 0.368 e. The van der Waals surface area contributed by atoms with Crippen LogP contribution in [0.2, 0.25) is 0 Å². The summed E-state index contributed by atoms with van der Waals surface area (Å²) in [5.41, 5.74) is 5.44. The van der Waals surface area contributed by atoms with Gasteiger partial charge in [-0.1, -0.05) is 23.8 Å². The Balaban J connectivity index is 2.01. The summed E-state index contributed by atoms with van der Waals surface area (Å²) in [6, 6.07) is 0. The molecule has 2 aromatic heterocycles. The molecule has 0 aliphatic heterocycles. The maximum atomic E-state index is 5.44. The van der Waals surface area contributed by atoms with Crippen LogP contribution < -0.4 is 5.73 Å². The Morgan fingerprint density at radius 1 is 1.47 bits per heavy atom. The second-order valence-corrected chi connectivity index (χ2v) is 4.87. The molecule has 0 amide bonds. The molecule has 0 unspecified atom stereocenters. The average molecular weight is 254 g/mol. The minimum Gasteiger partial charge on any atom is -0.368 e. The summed E-state index contributed by atoms with van der Waals surface area (Å²) in [6.07, 6.45) is 1.83. The fourth-order valence-electron chi connectivity index (χ4n) is 1.28. The minimum atomic E-state index is 0.00306. The molecule has 2 aromatic rings. The maximum Gasteiger partial charge on any atom is 0.239 e. The van der Waals surface area contributed by atoms with Gasteiger partial charge in [0, 0.05) is 6.42 Å². The molecular formula is C9H14N6OS. The van der Waals surface area contributed by atoms with Crippen LogP contribution in [0.15, 0.2) is 9.68 Å². The Labute approximate surface area is 103 Å². The van der Waals surface area contributed by atoms with Crippen molar-refractivity contribution in [1.82, 2.24) is 25.3 Å². The van der Waals surface area contributed by atoms with Crippen LogP contribution in [0.25, 0.3) is 0 Å². The van der Waals surface area contributed by atoms with Crippen LogP contribution >= 0.6 is 11.8 Å². The van der Waals surface area contributed by atoms with E-state index in [0.717, 1.165) is 18.7 Å². The summed E-state index contributed by atoms with van der Waals surface area (Å²) in [5, 5.41) is 11.0. The van der Waals surface area contributed by atoms with Gasteiger partial charge in [-0.15, -0.1) is 5.10 Å². The van der Waals surface area contributed by atoms with Crippen molar-refractivity contribution in [3.05, 3.63) is 11.7 Å². The third-order valence-corrected chi connectivity index (χ3v) is 3.02. The summed E-state index contributed by atoms with van der Waals surface area (Å²) in [4.78, 5) is 8.31. The number of nitrogen functional groups attached to an aromatic ring is 1. The number of nitrogens with two attached hydrogens (primary N) is 1. The van der Waals surface area contributed by atoms with Crippen LogP contribution in [0, 0.1) is 0 Å². The van der Waals surface area contributed by atoms with E-state index in [9.17, 15) is 0 Å². The summed E-state index contributed by atoms with van der Waals surface area (Å²) < 4.78 is 5.18. The Kier molecular flexibility index (Phi) is 3.62. The molecule has 2 rings (SSSR count). The molecule has 3 N–H and O–H groups in total. The van der Waals surface area contributed by atoms with Gasteiger partial charge < -0.3 is 10.3 Å². The van der Waals surface area contributed by atoms with Gasteiger partial charge in [0.05, 0.1) is 5.25 Å². The predicted molar refractivity (Wildman–Crippen MR) is 63.4 cm³/mol. The zero-order valence-corrected chi connectivity index (χ0v) is 10.5. The van der Waals surface area contributed by atoms with Crippen molar-refractivity contribution in [3.63, 3.8) is 0 Å². The lowest BCUT2D eigenvalue weighted by molar-refractivity contribution is 0.374. The third-order valence-electron chi connectivity index (χ3n) is 2.07. The first-order valence-corrected chi connectivity index (χ1v) is 6.24. The van der Waals surface area contributed by atoms with E-state index in [-0.39, 0.29) is 5.25 Å². The Hall–Kier alpha value is -1.57. The molecule has 0 aromatic carbocycles. The van der Waals surface area contributed by atoms with Crippen molar-refractivity contribution in [2.45, 2.75) is 37.1 Å². The molecular weight excluding hydrogens is 240 g/mol. The zero-order valence-electron chi connectivity index (χ0n) is 9.67. The number of hydrogen-bond acceptors (Lipinski definition) is 7. The van der Waals surface area contributed by atoms with Crippen LogP contribution in [0.5, 0.6) is 0 Å². The number of rotatable bonds is 5. The smallest absolute Gasteiger partial charge is 0.239 e. The number of hydrogen-bond donors (Lipinski definition) is 2. The Morgan fingerprint density at radius 2 is 2.29 bits per heavy atom. The van der Waals surface area contributed by atoms with Gasteiger partial charge in [0.2, 0.25) is 17.0 Å².